The highest BCUT2D eigenvalue weighted by Crippen LogP contribution is 2.42. The van der Waals surface area contributed by atoms with Gasteiger partial charge in [-0.05, 0) is 31.0 Å². The number of nitrogens with zero attached hydrogens (tertiary/aromatic N) is 4. The van der Waals surface area contributed by atoms with E-state index >= 15 is 0 Å². The molecule has 0 unspecified atom stereocenters. The van der Waals surface area contributed by atoms with Crippen LogP contribution in [0.3, 0.4) is 0 Å². The molecule has 0 bridgehead atoms. The molecule has 0 fully saturated rings. The molecule has 8 nitrogen and oxygen atoms in total. The number of hydrogen-bond acceptors (Lipinski definition) is 7. The van der Waals surface area contributed by atoms with Gasteiger partial charge in [-0.2, -0.15) is 0 Å². The normalized spacial score (nSPS) is 14.7. The van der Waals surface area contributed by atoms with Crippen LogP contribution in [-0.2, 0) is 6.61 Å². The van der Waals surface area contributed by atoms with Crippen LogP contribution in [0.4, 0.5) is 5.69 Å². The van der Waals surface area contributed by atoms with E-state index in [1.807, 2.05) is 68.6 Å². The second kappa shape index (κ2) is 8.90. The van der Waals surface area contributed by atoms with Crippen molar-refractivity contribution in [1.29, 1.82) is 0 Å². The number of thioether (sulfide) groups is 1. The van der Waals surface area contributed by atoms with Gasteiger partial charge in [0.1, 0.15) is 34.9 Å². The third-order valence-corrected chi connectivity index (χ3v) is 7.27. The van der Waals surface area contributed by atoms with E-state index in [9.17, 15) is 4.79 Å². The van der Waals surface area contributed by atoms with Gasteiger partial charge in [-0.1, -0.05) is 47.7 Å². The predicted molar refractivity (Wildman–Crippen MR) is 133 cm³/mol. The first-order chi connectivity index (χ1) is 16.5. The maximum atomic E-state index is 13.4. The van der Waals surface area contributed by atoms with E-state index in [2.05, 4.69) is 10.3 Å². The summed E-state index contributed by atoms with van der Waals surface area (Å²) in [4.78, 5) is 13.4. The van der Waals surface area contributed by atoms with Crippen molar-refractivity contribution in [1.82, 2.24) is 19.6 Å². The SMILES string of the molecule is COc1c(COc2cccc(C)c2C)c(N)c(=O)n2c1SC[C@H]2n1cc(-c2ccccc2)nn1. The van der Waals surface area contributed by atoms with E-state index < -0.39 is 0 Å². The molecule has 34 heavy (non-hydrogen) atoms. The molecular weight excluding hydrogens is 450 g/mol. The van der Waals surface area contributed by atoms with Crippen LogP contribution >= 0.6 is 11.8 Å². The average Bonchev–Trinajstić information content (AvgIpc) is 3.51. The number of rotatable bonds is 6. The van der Waals surface area contributed by atoms with Gasteiger partial charge in [0.2, 0.25) is 0 Å². The quantitative estimate of drug-likeness (QED) is 0.449. The molecule has 0 saturated heterocycles. The van der Waals surface area contributed by atoms with Gasteiger partial charge in [0.25, 0.3) is 5.56 Å². The zero-order valence-corrected chi connectivity index (χ0v) is 20.0. The number of ether oxygens (including phenoxy) is 2. The summed E-state index contributed by atoms with van der Waals surface area (Å²) < 4.78 is 15.1. The number of methoxy groups -OCH3 is 1. The minimum Gasteiger partial charge on any atom is -0.493 e. The van der Waals surface area contributed by atoms with Gasteiger partial charge < -0.3 is 15.2 Å². The summed E-state index contributed by atoms with van der Waals surface area (Å²) in [5.41, 5.74) is 10.6. The number of aryl methyl sites for hydroxylation is 1. The smallest absolute Gasteiger partial charge is 0.277 e. The van der Waals surface area contributed by atoms with Crippen LogP contribution in [0.5, 0.6) is 11.5 Å². The van der Waals surface area contributed by atoms with Crippen molar-refractivity contribution in [2.24, 2.45) is 0 Å². The zero-order valence-electron chi connectivity index (χ0n) is 19.2. The molecule has 9 heteroatoms. The van der Waals surface area contributed by atoms with Crippen LogP contribution in [0.25, 0.3) is 11.3 Å². The van der Waals surface area contributed by atoms with Gasteiger partial charge in [-0.25, -0.2) is 4.68 Å². The first kappa shape index (κ1) is 22.1. The van der Waals surface area contributed by atoms with E-state index in [1.165, 1.54) is 11.8 Å². The van der Waals surface area contributed by atoms with Gasteiger partial charge in [0.15, 0.2) is 5.75 Å². The van der Waals surface area contributed by atoms with Gasteiger partial charge in [-0.15, -0.1) is 16.9 Å². The summed E-state index contributed by atoms with van der Waals surface area (Å²) in [6.07, 6.45) is 1.49. The van der Waals surface area contributed by atoms with E-state index in [4.69, 9.17) is 15.2 Å². The van der Waals surface area contributed by atoms with E-state index in [-0.39, 0.29) is 24.0 Å². The first-order valence-electron chi connectivity index (χ1n) is 10.9. The van der Waals surface area contributed by atoms with E-state index in [0.717, 1.165) is 28.1 Å². The molecular formula is C25H25N5O3S. The molecule has 3 heterocycles. The van der Waals surface area contributed by atoms with Crippen molar-refractivity contribution in [3.05, 3.63) is 81.8 Å². The lowest BCUT2D eigenvalue weighted by atomic mass is 10.1. The number of nitrogens with two attached hydrogens (primary N) is 1. The predicted octanol–water partition coefficient (Wildman–Crippen LogP) is 4.05. The fourth-order valence-electron chi connectivity index (χ4n) is 4.09. The lowest BCUT2D eigenvalue weighted by Gasteiger charge is -2.19. The molecule has 174 valence electrons. The Morgan fingerprint density at radius 2 is 1.94 bits per heavy atom. The van der Waals surface area contributed by atoms with Crippen LogP contribution < -0.4 is 20.8 Å². The Balaban J connectivity index is 1.50. The second-order valence-corrected chi connectivity index (χ2v) is 9.14. The average molecular weight is 476 g/mol. The van der Waals surface area contributed by atoms with Crippen LogP contribution in [0.2, 0.25) is 0 Å². The summed E-state index contributed by atoms with van der Waals surface area (Å²) in [6, 6.07) is 15.7. The molecule has 2 aromatic carbocycles. The van der Waals surface area contributed by atoms with Crippen molar-refractivity contribution >= 4 is 17.4 Å². The molecule has 1 aliphatic rings. The molecule has 5 rings (SSSR count). The molecule has 0 saturated carbocycles. The number of fused-ring (bicyclic) bond motifs is 1. The fourth-order valence-corrected chi connectivity index (χ4v) is 5.38. The van der Waals surface area contributed by atoms with Crippen LogP contribution in [0.15, 0.2) is 64.5 Å². The molecule has 2 N–H and O–H groups in total. The van der Waals surface area contributed by atoms with Crippen molar-refractivity contribution in [2.45, 2.75) is 31.6 Å². The Morgan fingerprint density at radius 3 is 2.71 bits per heavy atom. The lowest BCUT2D eigenvalue weighted by molar-refractivity contribution is 0.289. The molecule has 0 spiro atoms. The minimum absolute atomic E-state index is 0.113. The van der Waals surface area contributed by atoms with Crippen molar-refractivity contribution in [3.63, 3.8) is 0 Å². The van der Waals surface area contributed by atoms with Crippen LogP contribution in [-0.4, -0.2) is 32.4 Å². The molecule has 1 atom stereocenters. The highest BCUT2D eigenvalue weighted by atomic mass is 32.2. The number of nitrogen functional groups attached to an aromatic ring is 1. The fraction of sp³-hybridized carbons (Fsp3) is 0.240. The highest BCUT2D eigenvalue weighted by molar-refractivity contribution is 7.99. The van der Waals surface area contributed by atoms with Gasteiger partial charge >= 0.3 is 0 Å². The standard InChI is InChI=1S/C25H25N5O3S/c1-15-8-7-11-20(16(15)2)33-13-18-22(26)24(31)30-21(14-34-25(30)23(18)32-3)29-12-19(27-28-29)17-9-5-4-6-10-17/h4-12,21H,13-14,26H2,1-3H3/t21-/m0/s1. The third kappa shape index (κ3) is 3.71. The van der Waals surface area contributed by atoms with Gasteiger partial charge in [-0.3, -0.25) is 9.36 Å². The van der Waals surface area contributed by atoms with E-state index in [1.54, 1.807) is 16.4 Å². The Labute approximate surface area is 201 Å². The molecule has 2 aromatic heterocycles. The van der Waals surface area contributed by atoms with Crippen molar-refractivity contribution < 1.29 is 9.47 Å². The third-order valence-electron chi connectivity index (χ3n) is 6.14. The number of hydrogen-bond donors (Lipinski definition) is 1. The topological polar surface area (TPSA) is 97.2 Å². The molecule has 0 amide bonds. The second-order valence-electron chi connectivity index (χ2n) is 8.13. The zero-order chi connectivity index (χ0) is 23.8. The Bertz CT molecular complexity index is 1410. The lowest BCUT2D eigenvalue weighted by Crippen LogP contribution is -2.31. The Morgan fingerprint density at radius 1 is 1.15 bits per heavy atom. The number of benzene rings is 2. The highest BCUT2D eigenvalue weighted by Gasteiger charge is 2.33. The van der Waals surface area contributed by atoms with Gasteiger partial charge in [0, 0.05) is 11.3 Å². The van der Waals surface area contributed by atoms with Crippen molar-refractivity contribution in [3.8, 4) is 22.8 Å². The minimum atomic E-state index is -0.359. The summed E-state index contributed by atoms with van der Waals surface area (Å²) in [5.74, 6) is 1.91. The van der Waals surface area contributed by atoms with Crippen LogP contribution in [0.1, 0.15) is 22.9 Å². The maximum absolute atomic E-state index is 13.4. The molecule has 0 radical (unpaired) electrons. The molecule has 1 aliphatic heterocycles. The molecule has 0 aliphatic carbocycles. The monoisotopic (exact) mass is 475 g/mol. The Kier molecular flexibility index (Phi) is 5.79. The maximum Gasteiger partial charge on any atom is 0.277 e. The van der Waals surface area contributed by atoms with Gasteiger partial charge in [0.05, 0.1) is 18.9 Å². The number of aromatic nitrogens is 4. The summed E-state index contributed by atoms with van der Waals surface area (Å²) >= 11 is 1.53. The van der Waals surface area contributed by atoms with Crippen molar-refractivity contribution in [2.75, 3.05) is 18.6 Å². The van der Waals surface area contributed by atoms with Crippen LogP contribution in [0, 0.1) is 13.8 Å². The summed E-state index contributed by atoms with van der Waals surface area (Å²) in [5, 5.41) is 9.31. The van der Waals surface area contributed by atoms with E-state index in [0.29, 0.717) is 22.1 Å². The molecule has 4 aromatic rings. The summed E-state index contributed by atoms with van der Waals surface area (Å²) in [6.45, 7) is 4.17. The Hall–Kier alpha value is -3.72. The largest absolute Gasteiger partial charge is 0.493 e. The number of anilines is 1. The summed E-state index contributed by atoms with van der Waals surface area (Å²) in [7, 11) is 1.58. The first-order valence-corrected chi connectivity index (χ1v) is 11.9. The number of pyridine rings is 1.